The number of aromatic nitrogens is 1. The Balaban J connectivity index is 2.89. The van der Waals surface area contributed by atoms with E-state index < -0.39 is 0 Å². The molecule has 1 rings (SSSR count). The fourth-order valence-electron chi connectivity index (χ4n) is 0.715. The van der Waals surface area contributed by atoms with Crippen molar-refractivity contribution >= 4 is 0 Å². The van der Waals surface area contributed by atoms with Gasteiger partial charge in [-0.1, -0.05) is 6.08 Å². The lowest BCUT2D eigenvalue weighted by Crippen LogP contribution is -2.07. The molecule has 0 radical (unpaired) electrons. The van der Waals surface area contributed by atoms with Crippen LogP contribution in [0.15, 0.2) is 31.0 Å². The van der Waals surface area contributed by atoms with Gasteiger partial charge in [-0.15, -0.1) is 6.58 Å². The minimum atomic E-state index is -0.254. The molecule has 0 bridgehead atoms. The molecule has 0 saturated carbocycles. The summed E-state index contributed by atoms with van der Waals surface area (Å²) in [4.78, 5) is 3.90. The summed E-state index contributed by atoms with van der Waals surface area (Å²) < 4.78 is 0. The van der Waals surface area contributed by atoms with Gasteiger partial charge in [-0.2, -0.15) is 0 Å². The highest BCUT2D eigenvalue weighted by molar-refractivity contribution is 5.21. The van der Waals surface area contributed by atoms with Gasteiger partial charge in [-0.05, 0) is 12.1 Å². The van der Waals surface area contributed by atoms with E-state index >= 15 is 0 Å². The van der Waals surface area contributed by atoms with E-state index in [9.17, 15) is 0 Å². The van der Waals surface area contributed by atoms with Gasteiger partial charge >= 0.3 is 0 Å². The molecule has 0 fully saturated rings. The second-order valence-electron chi connectivity index (χ2n) is 2.20. The maximum Gasteiger partial charge on any atom is 0.133 e. The lowest BCUT2D eigenvalue weighted by atomic mass is 10.2. The zero-order valence-corrected chi connectivity index (χ0v) is 6.07. The van der Waals surface area contributed by atoms with Crippen LogP contribution in [0.4, 0.5) is 0 Å². The molecule has 0 saturated heterocycles. The third-order valence-electron chi connectivity index (χ3n) is 1.37. The Morgan fingerprint density at radius 1 is 1.64 bits per heavy atom. The van der Waals surface area contributed by atoms with Crippen LogP contribution in [0.1, 0.15) is 11.7 Å². The van der Waals surface area contributed by atoms with Gasteiger partial charge in [-0.3, -0.25) is 4.98 Å². The number of rotatable bonds is 2. The van der Waals surface area contributed by atoms with Crippen LogP contribution >= 0.6 is 0 Å². The standard InChI is InChI=1S/C8H10N2O/c1-2-7(9)8-4-3-6(11)5-10-8/h2-5,7,11H,1,9H2/t7-/m0/s1. The highest BCUT2D eigenvalue weighted by atomic mass is 16.3. The van der Waals surface area contributed by atoms with Crippen molar-refractivity contribution < 1.29 is 5.11 Å². The largest absolute Gasteiger partial charge is 0.506 e. The summed E-state index contributed by atoms with van der Waals surface area (Å²) in [5.41, 5.74) is 6.29. The zero-order valence-electron chi connectivity index (χ0n) is 6.07. The highest BCUT2D eigenvalue weighted by Crippen LogP contribution is 2.11. The van der Waals surface area contributed by atoms with Crippen LogP contribution in [-0.4, -0.2) is 10.1 Å². The fraction of sp³-hybridized carbons (Fsp3) is 0.125. The van der Waals surface area contributed by atoms with Crippen LogP contribution < -0.4 is 5.73 Å². The molecule has 0 unspecified atom stereocenters. The van der Waals surface area contributed by atoms with E-state index in [1.807, 2.05) is 0 Å². The first-order chi connectivity index (χ1) is 5.24. The molecule has 0 spiro atoms. The van der Waals surface area contributed by atoms with Crippen LogP contribution in [0.25, 0.3) is 0 Å². The number of nitrogens with zero attached hydrogens (tertiary/aromatic N) is 1. The monoisotopic (exact) mass is 150 g/mol. The molecule has 11 heavy (non-hydrogen) atoms. The Labute approximate surface area is 65.2 Å². The second-order valence-corrected chi connectivity index (χ2v) is 2.20. The molecule has 0 amide bonds. The topological polar surface area (TPSA) is 59.1 Å². The number of pyridine rings is 1. The van der Waals surface area contributed by atoms with Gasteiger partial charge in [0.2, 0.25) is 0 Å². The maximum atomic E-state index is 8.88. The molecule has 0 aromatic carbocycles. The SMILES string of the molecule is C=C[C@H](N)c1ccc(O)cn1. The van der Waals surface area contributed by atoms with Gasteiger partial charge in [0.25, 0.3) is 0 Å². The Morgan fingerprint density at radius 2 is 2.36 bits per heavy atom. The van der Waals surface area contributed by atoms with Gasteiger partial charge < -0.3 is 10.8 Å². The summed E-state index contributed by atoms with van der Waals surface area (Å²) >= 11 is 0. The minimum Gasteiger partial charge on any atom is -0.506 e. The lowest BCUT2D eigenvalue weighted by Gasteiger charge is -2.03. The fourth-order valence-corrected chi connectivity index (χ4v) is 0.715. The zero-order chi connectivity index (χ0) is 8.27. The first-order valence-corrected chi connectivity index (χ1v) is 3.27. The molecule has 0 aliphatic carbocycles. The van der Waals surface area contributed by atoms with E-state index in [1.165, 1.54) is 6.20 Å². The number of aromatic hydroxyl groups is 1. The van der Waals surface area contributed by atoms with Crippen LogP contribution in [0.5, 0.6) is 5.75 Å². The van der Waals surface area contributed by atoms with Crippen molar-refractivity contribution in [1.82, 2.24) is 4.98 Å². The third kappa shape index (κ3) is 1.78. The van der Waals surface area contributed by atoms with Gasteiger partial charge in [0.1, 0.15) is 5.75 Å². The summed E-state index contributed by atoms with van der Waals surface area (Å²) in [6.07, 6.45) is 2.96. The maximum absolute atomic E-state index is 8.88. The molecular weight excluding hydrogens is 140 g/mol. The van der Waals surface area contributed by atoms with Crippen molar-refractivity contribution in [1.29, 1.82) is 0 Å². The van der Waals surface area contributed by atoms with E-state index in [0.717, 1.165) is 0 Å². The molecule has 0 aliphatic heterocycles. The summed E-state index contributed by atoms with van der Waals surface area (Å²) in [6.45, 7) is 3.53. The van der Waals surface area contributed by atoms with Crippen molar-refractivity contribution in [3.63, 3.8) is 0 Å². The molecule has 3 heteroatoms. The van der Waals surface area contributed by atoms with E-state index in [-0.39, 0.29) is 11.8 Å². The Morgan fingerprint density at radius 3 is 2.82 bits per heavy atom. The molecule has 3 nitrogen and oxygen atoms in total. The Bertz CT molecular complexity index is 243. The van der Waals surface area contributed by atoms with Gasteiger partial charge in [0.05, 0.1) is 17.9 Å². The molecular formula is C8H10N2O. The van der Waals surface area contributed by atoms with Crippen molar-refractivity contribution in [2.24, 2.45) is 5.73 Å². The lowest BCUT2D eigenvalue weighted by molar-refractivity contribution is 0.472. The predicted molar refractivity (Wildman–Crippen MR) is 43.0 cm³/mol. The molecule has 0 aliphatic rings. The van der Waals surface area contributed by atoms with E-state index in [0.29, 0.717) is 5.69 Å². The van der Waals surface area contributed by atoms with Gasteiger partial charge in [0.15, 0.2) is 0 Å². The van der Waals surface area contributed by atoms with Crippen LogP contribution in [0.3, 0.4) is 0 Å². The summed E-state index contributed by atoms with van der Waals surface area (Å²) in [5, 5.41) is 8.88. The normalized spacial score (nSPS) is 12.5. The van der Waals surface area contributed by atoms with Crippen LogP contribution in [0.2, 0.25) is 0 Å². The van der Waals surface area contributed by atoms with Crippen molar-refractivity contribution in [2.45, 2.75) is 6.04 Å². The molecule has 58 valence electrons. The molecule has 1 atom stereocenters. The van der Waals surface area contributed by atoms with E-state index in [1.54, 1.807) is 18.2 Å². The molecule has 1 heterocycles. The number of hydrogen-bond donors (Lipinski definition) is 2. The Kier molecular flexibility index (Phi) is 2.23. The summed E-state index contributed by atoms with van der Waals surface area (Å²) in [6, 6.07) is 2.96. The summed E-state index contributed by atoms with van der Waals surface area (Å²) in [5.74, 6) is 0.144. The van der Waals surface area contributed by atoms with Gasteiger partial charge in [-0.25, -0.2) is 0 Å². The first-order valence-electron chi connectivity index (χ1n) is 3.27. The number of hydrogen-bond acceptors (Lipinski definition) is 3. The van der Waals surface area contributed by atoms with Gasteiger partial charge in [0, 0.05) is 0 Å². The predicted octanol–water partition coefficient (Wildman–Crippen LogP) is 0.973. The van der Waals surface area contributed by atoms with Crippen LogP contribution in [0, 0.1) is 0 Å². The Hall–Kier alpha value is -1.35. The number of nitrogens with two attached hydrogens (primary N) is 1. The summed E-state index contributed by atoms with van der Waals surface area (Å²) in [7, 11) is 0. The molecule has 1 aromatic heterocycles. The smallest absolute Gasteiger partial charge is 0.133 e. The third-order valence-corrected chi connectivity index (χ3v) is 1.37. The average molecular weight is 150 g/mol. The average Bonchev–Trinajstić information content (AvgIpc) is 2.05. The van der Waals surface area contributed by atoms with Crippen LogP contribution in [-0.2, 0) is 0 Å². The highest BCUT2D eigenvalue weighted by Gasteiger charge is 2.00. The molecule has 3 N–H and O–H groups in total. The van der Waals surface area contributed by atoms with E-state index in [2.05, 4.69) is 11.6 Å². The van der Waals surface area contributed by atoms with Crippen molar-refractivity contribution in [2.75, 3.05) is 0 Å². The quantitative estimate of drug-likeness (QED) is 0.617. The first kappa shape index (κ1) is 7.75. The van der Waals surface area contributed by atoms with Crippen molar-refractivity contribution in [3.8, 4) is 5.75 Å². The minimum absolute atomic E-state index is 0.144. The molecule has 1 aromatic rings. The van der Waals surface area contributed by atoms with Crippen molar-refractivity contribution in [3.05, 3.63) is 36.7 Å². The van der Waals surface area contributed by atoms with E-state index in [4.69, 9.17) is 10.8 Å². The second kappa shape index (κ2) is 3.16.